The van der Waals surface area contributed by atoms with E-state index in [1.807, 2.05) is 6.92 Å². The van der Waals surface area contributed by atoms with E-state index < -0.39 is 10.0 Å². The van der Waals surface area contributed by atoms with Crippen molar-refractivity contribution in [3.63, 3.8) is 0 Å². The normalized spacial score (nSPS) is 21.8. The standard InChI is InChI=1S/C25H36N4O6S2/c1-15(18-9-11-34-12-10-18)27-25-28-16(2)23(36-25)19-13-22(24(33-4)26-14-19)37(31,32)29-20-5-7-21(8-6-20)35-17(3)30/h13-15,18,20-21,29H,5-12H2,1-4H3,(H,27,28)/t15?,20-,21-. The third kappa shape index (κ3) is 6.98. The van der Waals surface area contributed by atoms with Gasteiger partial charge in [-0.25, -0.2) is 23.1 Å². The van der Waals surface area contributed by atoms with Crippen molar-refractivity contribution in [3.8, 4) is 16.3 Å². The zero-order valence-corrected chi connectivity index (χ0v) is 23.4. The molecule has 0 radical (unpaired) electrons. The van der Waals surface area contributed by atoms with Crippen molar-refractivity contribution in [2.75, 3.05) is 25.6 Å². The van der Waals surface area contributed by atoms with Crippen LogP contribution in [-0.2, 0) is 24.3 Å². The molecule has 1 atom stereocenters. The van der Waals surface area contributed by atoms with E-state index in [0.717, 1.165) is 41.8 Å². The molecule has 1 aliphatic heterocycles. The van der Waals surface area contributed by atoms with Crippen LogP contribution in [0, 0.1) is 12.8 Å². The smallest absolute Gasteiger partial charge is 0.302 e. The molecule has 2 N–H and O–H groups in total. The van der Waals surface area contributed by atoms with E-state index >= 15 is 0 Å². The Morgan fingerprint density at radius 1 is 1.19 bits per heavy atom. The fraction of sp³-hybridized carbons (Fsp3) is 0.640. The summed E-state index contributed by atoms with van der Waals surface area (Å²) >= 11 is 1.49. The highest BCUT2D eigenvalue weighted by Gasteiger charge is 2.30. The summed E-state index contributed by atoms with van der Waals surface area (Å²) in [4.78, 5) is 21.1. The van der Waals surface area contributed by atoms with Crippen molar-refractivity contribution in [1.82, 2.24) is 14.7 Å². The third-order valence-corrected chi connectivity index (χ3v) is 9.67. The van der Waals surface area contributed by atoms with Crippen LogP contribution in [0.5, 0.6) is 5.88 Å². The van der Waals surface area contributed by atoms with E-state index in [9.17, 15) is 13.2 Å². The second kappa shape index (κ2) is 12.1. The molecule has 2 aliphatic rings. The molecule has 2 aromatic heterocycles. The van der Waals surface area contributed by atoms with Crippen molar-refractivity contribution in [2.24, 2.45) is 5.92 Å². The molecular weight excluding hydrogens is 516 g/mol. The maximum atomic E-state index is 13.4. The van der Waals surface area contributed by atoms with Gasteiger partial charge in [0.25, 0.3) is 0 Å². The molecule has 0 amide bonds. The number of hydrogen-bond donors (Lipinski definition) is 2. The molecule has 1 saturated carbocycles. The van der Waals surface area contributed by atoms with E-state index in [1.54, 1.807) is 12.3 Å². The predicted molar refractivity (Wildman–Crippen MR) is 141 cm³/mol. The Bertz CT molecular complexity index is 1190. The zero-order valence-electron chi connectivity index (χ0n) is 21.8. The molecule has 37 heavy (non-hydrogen) atoms. The minimum Gasteiger partial charge on any atom is -0.480 e. The minimum absolute atomic E-state index is 0.00695. The van der Waals surface area contributed by atoms with Crippen LogP contribution in [0.1, 0.15) is 58.1 Å². The molecule has 3 heterocycles. The number of rotatable bonds is 9. The number of aromatic nitrogens is 2. The van der Waals surface area contributed by atoms with E-state index in [0.29, 0.717) is 37.2 Å². The summed E-state index contributed by atoms with van der Waals surface area (Å²) < 4.78 is 45.6. The number of carbonyl (C=O) groups excluding carboxylic acids is 1. The van der Waals surface area contributed by atoms with Gasteiger partial charge in [0.1, 0.15) is 11.0 Å². The van der Waals surface area contributed by atoms with Gasteiger partial charge < -0.3 is 19.5 Å². The van der Waals surface area contributed by atoms with Crippen LogP contribution in [0.15, 0.2) is 17.2 Å². The first-order chi connectivity index (χ1) is 17.7. The van der Waals surface area contributed by atoms with E-state index in [4.69, 9.17) is 19.2 Å². The lowest BCUT2D eigenvalue weighted by atomic mass is 9.93. The Morgan fingerprint density at radius 3 is 2.54 bits per heavy atom. The van der Waals surface area contributed by atoms with E-state index in [-0.39, 0.29) is 34.9 Å². The van der Waals surface area contributed by atoms with Gasteiger partial charge in [0.2, 0.25) is 15.9 Å². The quantitative estimate of drug-likeness (QED) is 0.445. The van der Waals surface area contributed by atoms with Gasteiger partial charge in [0, 0.05) is 44.0 Å². The lowest BCUT2D eigenvalue weighted by Gasteiger charge is -2.28. The molecule has 0 spiro atoms. The number of aryl methyl sites for hydroxylation is 1. The lowest BCUT2D eigenvalue weighted by molar-refractivity contribution is -0.147. The van der Waals surface area contributed by atoms with Crippen molar-refractivity contribution < 1.29 is 27.4 Å². The number of nitrogens with one attached hydrogen (secondary N) is 2. The number of ether oxygens (including phenoxy) is 3. The highest BCUT2D eigenvalue weighted by atomic mass is 32.2. The third-order valence-electron chi connectivity index (χ3n) is 7.01. The number of anilines is 1. The summed E-state index contributed by atoms with van der Waals surface area (Å²) in [5, 5.41) is 4.32. The van der Waals surface area contributed by atoms with E-state index in [2.05, 4.69) is 21.9 Å². The highest BCUT2D eigenvalue weighted by molar-refractivity contribution is 7.89. The van der Waals surface area contributed by atoms with Crippen molar-refractivity contribution in [1.29, 1.82) is 0 Å². The number of hydrogen-bond acceptors (Lipinski definition) is 10. The summed E-state index contributed by atoms with van der Waals surface area (Å²) in [6.45, 7) is 7.04. The molecule has 1 aliphatic carbocycles. The summed E-state index contributed by atoms with van der Waals surface area (Å²) in [5.41, 5.74) is 1.47. The average molecular weight is 553 g/mol. The van der Waals surface area contributed by atoms with Crippen LogP contribution in [0.2, 0.25) is 0 Å². The summed E-state index contributed by atoms with van der Waals surface area (Å²) in [5.74, 6) is 0.251. The molecule has 0 bridgehead atoms. The Kier molecular flexibility index (Phi) is 9.04. The van der Waals surface area contributed by atoms with Crippen LogP contribution >= 0.6 is 11.3 Å². The molecule has 0 aromatic carbocycles. The van der Waals surface area contributed by atoms with Crippen LogP contribution in [0.4, 0.5) is 5.13 Å². The fourth-order valence-corrected chi connectivity index (χ4v) is 7.47. The lowest BCUT2D eigenvalue weighted by Crippen LogP contribution is -2.39. The summed E-state index contributed by atoms with van der Waals surface area (Å²) in [6.07, 6.45) is 5.90. The van der Waals surface area contributed by atoms with Gasteiger partial charge in [-0.05, 0) is 64.4 Å². The number of nitrogens with zero attached hydrogens (tertiary/aromatic N) is 2. The molecule has 12 heteroatoms. The van der Waals surface area contributed by atoms with Crippen molar-refractivity contribution >= 4 is 32.5 Å². The second-order valence-corrected chi connectivity index (χ2v) is 12.4. The fourth-order valence-electron chi connectivity index (χ4n) is 4.97. The average Bonchev–Trinajstić information content (AvgIpc) is 3.24. The summed E-state index contributed by atoms with van der Waals surface area (Å²) in [6, 6.07) is 1.61. The Hall–Kier alpha value is -2.28. The number of methoxy groups -OCH3 is 1. The predicted octanol–water partition coefficient (Wildman–Crippen LogP) is 3.90. The molecule has 1 unspecified atom stereocenters. The van der Waals surface area contributed by atoms with Crippen LogP contribution < -0.4 is 14.8 Å². The van der Waals surface area contributed by atoms with Gasteiger partial charge in [-0.2, -0.15) is 0 Å². The first kappa shape index (κ1) is 27.7. The van der Waals surface area contributed by atoms with Gasteiger partial charge >= 0.3 is 5.97 Å². The summed E-state index contributed by atoms with van der Waals surface area (Å²) in [7, 11) is -2.50. The highest BCUT2D eigenvalue weighted by Crippen LogP contribution is 2.36. The van der Waals surface area contributed by atoms with Crippen molar-refractivity contribution in [3.05, 3.63) is 18.0 Å². The van der Waals surface area contributed by atoms with Gasteiger partial charge in [-0.15, -0.1) is 0 Å². The number of thiazole rings is 1. The Labute approximate surface area is 222 Å². The molecule has 10 nitrogen and oxygen atoms in total. The maximum Gasteiger partial charge on any atom is 0.302 e. The van der Waals surface area contributed by atoms with E-state index in [1.165, 1.54) is 25.4 Å². The van der Waals surface area contributed by atoms with Gasteiger partial charge in [-0.1, -0.05) is 11.3 Å². The van der Waals surface area contributed by atoms with Crippen molar-refractivity contribution in [2.45, 2.75) is 82.4 Å². The largest absolute Gasteiger partial charge is 0.480 e. The first-order valence-corrected chi connectivity index (χ1v) is 15.0. The van der Waals surface area contributed by atoms with Crippen LogP contribution in [-0.4, -0.2) is 62.9 Å². The topological polar surface area (TPSA) is 129 Å². The van der Waals surface area contributed by atoms with Crippen LogP contribution in [0.3, 0.4) is 0 Å². The second-order valence-electron chi connectivity index (χ2n) is 9.75. The number of esters is 1. The SMILES string of the molecule is COc1ncc(-c2sc(NC(C)C3CCOCC3)nc2C)cc1S(=O)(=O)N[C@H]1CC[C@H](OC(C)=O)CC1. The molecule has 2 fully saturated rings. The molecule has 204 valence electrons. The molecule has 4 rings (SSSR count). The number of pyridine rings is 1. The molecule has 1 saturated heterocycles. The van der Waals surface area contributed by atoms with Gasteiger partial charge in [0.15, 0.2) is 5.13 Å². The Balaban J connectivity index is 1.50. The molecule has 2 aromatic rings. The number of carbonyl (C=O) groups is 1. The first-order valence-electron chi connectivity index (χ1n) is 12.7. The zero-order chi connectivity index (χ0) is 26.6. The minimum atomic E-state index is -3.90. The number of sulfonamides is 1. The van der Waals surface area contributed by atoms with Crippen LogP contribution in [0.25, 0.3) is 10.4 Å². The monoisotopic (exact) mass is 552 g/mol. The van der Waals surface area contributed by atoms with Gasteiger partial charge in [0.05, 0.1) is 17.7 Å². The Morgan fingerprint density at radius 2 is 1.89 bits per heavy atom. The maximum absolute atomic E-state index is 13.4. The molecular formula is C25H36N4O6S2. The van der Waals surface area contributed by atoms with Gasteiger partial charge in [-0.3, -0.25) is 4.79 Å².